The predicted molar refractivity (Wildman–Crippen MR) is 110 cm³/mol. The van der Waals surface area contributed by atoms with Crippen LogP contribution in [-0.4, -0.2) is 25.2 Å². The molecule has 0 aliphatic carbocycles. The van der Waals surface area contributed by atoms with Crippen molar-refractivity contribution >= 4 is 22.5 Å². The molecule has 0 saturated carbocycles. The van der Waals surface area contributed by atoms with Crippen molar-refractivity contribution in [1.82, 2.24) is 19.3 Å². The molecule has 8 heteroatoms. The van der Waals surface area contributed by atoms with Crippen LogP contribution in [-0.2, 0) is 17.9 Å². The Morgan fingerprint density at radius 3 is 2.66 bits per heavy atom. The number of amides is 1. The molecule has 0 saturated heterocycles. The Bertz CT molecular complexity index is 1270. The van der Waals surface area contributed by atoms with Gasteiger partial charge in [0.25, 0.3) is 5.56 Å². The summed E-state index contributed by atoms with van der Waals surface area (Å²) in [5, 5.41) is 7.51. The maximum Gasteiger partial charge on any atom is 0.328 e. The van der Waals surface area contributed by atoms with Crippen LogP contribution in [0.2, 0.25) is 0 Å². The van der Waals surface area contributed by atoms with Crippen LogP contribution in [0, 0.1) is 0 Å². The Morgan fingerprint density at radius 1 is 1.03 bits per heavy atom. The maximum absolute atomic E-state index is 12.5. The van der Waals surface area contributed by atoms with Gasteiger partial charge < -0.3 is 5.32 Å². The molecule has 146 valence electrons. The lowest BCUT2D eigenvalue weighted by Gasteiger charge is -2.12. The van der Waals surface area contributed by atoms with Crippen LogP contribution in [0.1, 0.15) is 12.0 Å². The summed E-state index contributed by atoms with van der Waals surface area (Å²) < 4.78 is 3.18. The van der Waals surface area contributed by atoms with E-state index in [2.05, 4.69) is 15.4 Å². The lowest BCUT2D eigenvalue weighted by Crippen LogP contribution is -2.31. The summed E-state index contributed by atoms with van der Waals surface area (Å²) in [5.74, 6) is -0.222. The second-order valence-corrected chi connectivity index (χ2v) is 6.59. The van der Waals surface area contributed by atoms with Crippen molar-refractivity contribution in [2.75, 3.05) is 5.32 Å². The molecular formula is C21H19N5O3. The summed E-state index contributed by atoms with van der Waals surface area (Å²) in [5.41, 5.74) is 1.18. The van der Waals surface area contributed by atoms with Gasteiger partial charge in [0.05, 0.1) is 17.4 Å². The highest BCUT2D eigenvalue weighted by Crippen LogP contribution is 2.16. The number of para-hydroxylation sites is 2. The molecule has 8 nitrogen and oxygen atoms in total. The van der Waals surface area contributed by atoms with E-state index in [0.29, 0.717) is 23.1 Å². The second kappa shape index (κ2) is 7.97. The van der Waals surface area contributed by atoms with Crippen molar-refractivity contribution in [3.8, 4) is 0 Å². The number of aromatic amines is 1. The van der Waals surface area contributed by atoms with Gasteiger partial charge in [0.15, 0.2) is 0 Å². The molecular weight excluding hydrogens is 370 g/mol. The molecule has 0 aliphatic rings. The van der Waals surface area contributed by atoms with E-state index in [1.54, 1.807) is 35.1 Å². The number of aryl methyl sites for hydroxylation is 1. The van der Waals surface area contributed by atoms with Crippen LogP contribution in [0.5, 0.6) is 0 Å². The van der Waals surface area contributed by atoms with E-state index in [9.17, 15) is 14.4 Å². The zero-order valence-corrected chi connectivity index (χ0v) is 15.5. The SMILES string of the molecule is O=C(CCn1c(=O)[nH]c(=O)c2ccccc21)Nc1ccccc1Cn1cccn1. The van der Waals surface area contributed by atoms with Gasteiger partial charge in [-0.2, -0.15) is 5.10 Å². The Hall–Kier alpha value is -3.94. The number of rotatable bonds is 6. The first-order valence-corrected chi connectivity index (χ1v) is 9.19. The smallest absolute Gasteiger partial charge is 0.326 e. The quantitative estimate of drug-likeness (QED) is 0.526. The summed E-state index contributed by atoms with van der Waals surface area (Å²) in [7, 11) is 0. The molecule has 0 fully saturated rings. The average molecular weight is 389 g/mol. The number of anilines is 1. The zero-order chi connectivity index (χ0) is 20.2. The van der Waals surface area contributed by atoms with Gasteiger partial charge in [0.2, 0.25) is 5.91 Å². The molecule has 2 aromatic carbocycles. The normalized spacial score (nSPS) is 10.9. The molecule has 0 unspecified atom stereocenters. The van der Waals surface area contributed by atoms with Crippen LogP contribution in [0.25, 0.3) is 10.9 Å². The van der Waals surface area contributed by atoms with Crippen molar-refractivity contribution in [1.29, 1.82) is 0 Å². The van der Waals surface area contributed by atoms with Crippen LogP contribution >= 0.6 is 0 Å². The number of hydrogen-bond acceptors (Lipinski definition) is 4. The lowest BCUT2D eigenvalue weighted by atomic mass is 10.1. The third-order valence-corrected chi connectivity index (χ3v) is 4.65. The minimum absolute atomic E-state index is 0.0893. The topological polar surface area (TPSA) is 102 Å². The van der Waals surface area contributed by atoms with E-state index in [-0.39, 0.29) is 18.9 Å². The fourth-order valence-corrected chi connectivity index (χ4v) is 3.24. The largest absolute Gasteiger partial charge is 0.328 e. The zero-order valence-electron chi connectivity index (χ0n) is 15.5. The molecule has 4 aromatic rings. The summed E-state index contributed by atoms with van der Waals surface area (Å²) in [6.45, 7) is 0.691. The van der Waals surface area contributed by atoms with Crippen LogP contribution in [0.15, 0.2) is 76.6 Å². The Morgan fingerprint density at radius 2 is 1.83 bits per heavy atom. The van der Waals surface area contributed by atoms with E-state index in [0.717, 1.165) is 5.56 Å². The van der Waals surface area contributed by atoms with Crippen molar-refractivity contribution < 1.29 is 4.79 Å². The van der Waals surface area contributed by atoms with Crippen LogP contribution < -0.4 is 16.6 Å². The molecule has 29 heavy (non-hydrogen) atoms. The Labute approximate surface area is 165 Å². The predicted octanol–water partition coefficient (Wildman–Crippen LogP) is 1.96. The summed E-state index contributed by atoms with van der Waals surface area (Å²) in [4.78, 5) is 39.0. The number of benzene rings is 2. The van der Waals surface area contributed by atoms with E-state index in [1.165, 1.54) is 4.57 Å². The number of carbonyl (C=O) groups is 1. The van der Waals surface area contributed by atoms with Gasteiger partial charge in [-0.3, -0.25) is 23.8 Å². The first-order valence-electron chi connectivity index (χ1n) is 9.19. The molecule has 0 spiro atoms. The molecule has 0 radical (unpaired) electrons. The van der Waals surface area contributed by atoms with Crippen molar-refractivity contribution in [2.45, 2.75) is 19.5 Å². The van der Waals surface area contributed by atoms with E-state index in [4.69, 9.17) is 0 Å². The summed E-state index contributed by atoms with van der Waals surface area (Å²) in [6, 6.07) is 16.2. The van der Waals surface area contributed by atoms with Gasteiger partial charge in [0, 0.05) is 31.0 Å². The molecule has 0 atom stereocenters. The van der Waals surface area contributed by atoms with Gasteiger partial charge in [-0.25, -0.2) is 4.79 Å². The molecule has 2 N–H and O–H groups in total. The minimum Gasteiger partial charge on any atom is -0.326 e. The van der Waals surface area contributed by atoms with Gasteiger partial charge in [-0.15, -0.1) is 0 Å². The summed E-state index contributed by atoms with van der Waals surface area (Å²) >= 11 is 0. The third kappa shape index (κ3) is 4.01. The second-order valence-electron chi connectivity index (χ2n) is 6.59. The standard InChI is InChI=1S/C21H19N5O3/c27-19(23-17-8-3-1-6-15(17)14-25-12-5-11-22-25)10-13-26-18-9-4-2-7-16(18)20(28)24-21(26)29/h1-9,11-12H,10,13-14H2,(H,23,27)(H,24,28,29). The molecule has 0 aliphatic heterocycles. The van der Waals surface area contributed by atoms with E-state index < -0.39 is 11.2 Å². The Balaban J connectivity index is 1.50. The van der Waals surface area contributed by atoms with Crippen LogP contribution in [0.4, 0.5) is 5.69 Å². The molecule has 4 rings (SSSR count). The fraction of sp³-hybridized carbons (Fsp3) is 0.143. The number of aromatic nitrogens is 4. The van der Waals surface area contributed by atoms with Gasteiger partial charge in [0.1, 0.15) is 0 Å². The molecule has 2 aromatic heterocycles. The number of hydrogen-bond donors (Lipinski definition) is 2. The average Bonchev–Trinajstić information content (AvgIpc) is 3.22. The Kier molecular flexibility index (Phi) is 5.07. The van der Waals surface area contributed by atoms with Crippen LogP contribution in [0.3, 0.4) is 0 Å². The number of nitrogens with zero attached hydrogens (tertiary/aromatic N) is 3. The van der Waals surface area contributed by atoms with Crippen molar-refractivity contribution in [3.05, 3.63) is 93.4 Å². The highest BCUT2D eigenvalue weighted by atomic mass is 16.2. The van der Waals surface area contributed by atoms with Gasteiger partial charge in [-0.05, 0) is 29.8 Å². The minimum atomic E-state index is -0.527. The first kappa shape index (κ1) is 18.4. The van der Waals surface area contributed by atoms with Gasteiger partial charge in [-0.1, -0.05) is 30.3 Å². The van der Waals surface area contributed by atoms with E-state index >= 15 is 0 Å². The molecule has 0 bridgehead atoms. The fourth-order valence-electron chi connectivity index (χ4n) is 3.24. The monoisotopic (exact) mass is 389 g/mol. The number of H-pyrrole nitrogens is 1. The highest BCUT2D eigenvalue weighted by Gasteiger charge is 2.11. The highest BCUT2D eigenvalue weighted by molar-refractivity contribution is 5.91. The number of fused-ring (bicyclic) bond motifs is 1. The number of carbonyl (C=O) groups excluding carboxylic acids is 1. The molecule has 2 heterocycles. The van der Waals surface area contributed by atoms with Crippen molar-refractivity contribution in [3.63, 3.8) is 0 Å². The third-order valence-electron chi connectivity index (χ3n) is 4.65. The maximum atomic E-state index is 12.5. The van der Waals surface area contributed by atoms with Gasteiger partial charge >= 0.3 is 5.69 Å². The lowest BCUT2D eigenvalue weighted by molar-refractivity contribution is -0.116. The number of nitrogens with one attached hydrogen (secondary N) is 2. The summed E-state index contributed by atoms with van der Waals surface area (Å²) in [6.07, 6.45) is 3.64. The molecule has 1 amide bonds. The van der Waals surface area contributed by atoms with Crippen molar-refractivity contribution in [2.24, 2.45) is 0 Å². The van der Waals surface area contributed by atoms with E-state index in [1.807, 2.05) is 36.5 Å². The first-order chi connectivity index (χ1) is 14.1.